The monoisotopic (exact) mass is 284 g/mol. The van der Waals surface area contributed by atoms with Crippen molar-refractivity contribution in [1.29, 1.82) is 0 Å². The second-order valence-corrected chi connectivity index (χ2v) is 4.70. The number of aromatic nitrogens is 1. The molecule has 1 aromatic carbocycles. The molecule has 0 radical (unpaired) electrons. The first-order valence-corrected chi connectivity index (χ1v) is 5.96. The number of fused-ring (bicyclic) bond motifs is 1. The minimum absolute atomic E-state index is 0.172. The van der Waals surface area contributed by atoms with Crippen molar-refractivity contribution in [1.82, 2.24) is 9.88 Å². The number of halogens is 2. The lowest BCUT2D eigenvalue weighted by Crippen LogP contribution is -2.16. The van der Waals surface area contributed by atoms with Crippen molar-refractivity contribution < 1.29 is 4.39 Å². The van der Waals surface area contributed by atoms with E-state index in [2.05, 4.69) is 28.2 Å². The Bertz CT molecular complexity index is 533. The fourth-order valence-corrected chi connectivity index (χ4v) is 2.99. The summed E-state index contributed by atoms with van der Waals surface area (Å²) in [7, 11) is 3.78. The van der Waals surface area contributed by atoms with E-state index in [0.717, 1.165) is 15.6 Å². The van der Waals surface area contributed by atoms with Gasteiger partial charge in [-0.1, -0.05) is 12.1 Å². The molecule has 1 atom stereocenters. The molecule has 1 heterocycles. The quantitative estimate of drug-likeness (QED) is 0.895. The third-order valence-electron chi connectivity index (χ3n) is 2.99. The van der Waals surface area contributed by atoms with Crippen LogP contribution < -0.4 is 5.32 Å². The maximum atomic E-state index is 13.7. The Morgan fingerprint density at radius 2 is 2.12 bits per heavy atom. The third kappa shape index (κ3) is 1.57. The molecule has 0 fully saturated rings. The zero-order valence-corrected chi connectivity index (χ0v) is 11.1. The summed E-state index contributed by atoms with van der Waals surface area (Å²) in [4.78, 5) is 0. The molecule has 1 N–H and O–H groups in total. The molecule has 4 heteroatoms. The molecular formula is C12H14BrFN2. The molecule has 0 saturated heterocycles. The molecule has 0 bridgehead atoms. The van der Waals surface area contributed by atoms with Gasteiger partial charge in [-0.25, -0.2) is 4.39 Å². The average Bonchev–Trinajstić information content (AvgIpc) is 2.52. The summed E-state index contributed by atoms with van der Waals surface area (Å²) in [5.41, 5.74) is 1.70. The van der Waals surface area contributed by atoms with Crippen LogP contribution in [-0.4, -0.2) is 11.6 Å². The predicted molar refractivity (Wildman–Crippen MR) is 68.1 cm³/mol. The second kappa shape index (κ2) is 4.18. The van der Waals surface area contributed by atoms with E-state index in [1.807, 2.05) is 24.7 Å². The van der Waals surface area contributed by atoms with E-state index >= 15 is 0 Å². The molecule has 2 aromatic rings. The highest BCUT2D eigenvalue weighted by Crippen LogP contribution is 2.34. The van der Waals surface area contributed by atoms with Crippen molar-refractivity contribution in [3.8, 4) is 0 Å². The molecule has 2 rings (SSSR count). The number of benzene rings is 1. The molecule has 86 valence electrons. The molecule has 0 amide bonds. The summed E-state index contributed by atoms with van der Waals surface area (Å²) < 4.78 is 16.6. The van der Waals surface area contributed by atoms with Crippen LogP contribution in [0.3, 0.4) is 0 Å². The summed E-state index contributed by atoms with van der Waals surface area (Å²) in [6.45, 7) is 2.05. The maximum absolute atomic E-state index is 13.7. The predicted octanol–water partition coefficient (Wildman–Crippen LogP) is 3.36. The normalized spacial score (nSPS) is 13.3. The Balaban J connectivity index is 2.82. The minimum atomic E-state index is -0.185. The summed E-state index contributed by atoms with van der Waals surface area (Å²) in [6.07, 6.45) is 0. The molecule has 0 spiro atoms. The number of aryl methyl sites for hydroxylation is 1. The van der Waals surface area contributed by atoms with Crippen molar-refractivity contribution >= 4 is 26.8 Å². The molecule has 2 nitrogen and oxygen atoms in total. The number of para-hydroxylation sites is 1. The molecule has 16 heavy (non-hydrogen) atoms. The number of nitrogens with one attached hydrogen (secondary N) is 1. The number of rotatable bonds is 2. The standard InChI is InChI=1S/C12H14BrFN2/c1-7(15-2)11-10(13)8-5-4-6-9(14)12(8)16(11)3/h4-7,15H,1-3H3. The first-order chi connectivity index (χ1) is 7.57. The van der Waals surface area contributed by atoms with Crippen molar-refractivity contribution in [3.05, 3.63) is 34.2 Å². The van der Waals surface area contributed by atoms with Crippen molar-refractivity contribution in [3.63, 3.8) is 0 Å². The second-order valence-electron chi connectivity index (χ2n) is 3.90. The third-order valence-corrected chi connectivity index (χ3v) is 3.82. The Labute approximate surface area is 103 Å². The zero-order chi connectivity index (χ0) is 11.9. The van der Waals surface area contributed by atoms with E-state index in [4.69, 9.17) is 0 Å². The van der Waals surface area contributed by atoms with Crippen LogP contribution in [0.5, 0.6) is 0 Å². The van der Waals surface area contributed by atoms with Gasteiger partial charge in [0.05, 0.1) is 5.52 Å². The van der Waals surface area contributed by atoms with E-state index in [0.29, 0.717) is 5.52 Å². The number of hydrogen-bond donors (Lipinski definition) is 1. The van der Waals surface area contributed by atoms with Crippen LogP contribution in [0, 0.1) is 5.82 Å². The lowest BCUT2D eigenvalue weighted by Gasteiger charge is -2.12. The lowest BCUT2D eigenvalue weighted by molar-refractivity contribution is 0.596. The number of hydrogen-bond acceptors (Lipinski definition) is 1. The van der Waals surface area contributed by atoms with Gasteiger partial charge < -0.3 is 9.88 Å². The molecule has 0 saturated carbocycles. The zero-order valence-electron chi connectivity index (χ0n) is 9.51. The van der Waals surface area contributed by atoms with Gasteiger partial charge in [0.2, 0.25) is 0 Å². The topological polar surface area (TPSA) is 17.0 Å². The fraction of sp³-hybridized carbons (Fsp3) is 0.333. The van der Waals surface area contributed by atoms with E-state index in [1.165, 1.54) is 6.07 Å². The smallest absolute Gasteiger partial charge is 0.147 e. The molecule has 0 aliphatic rings. The highest BCUT2D eigenvalue weighted by Gasteiger charge is 2.18. The summed E-state index contributed by atoms with van der Waals surface area (Å²) in [5, 5.41) is 4.09. The van der Waals surface area contributed by atoms with Gasteiger partial charge in [-0.15, -0.1) is 0 Å². The summed E-state index contributed by atoms with van der Waals surface area (Å²) >= 11 is 3.55. The van der Waals surface area contributed by atoms with E-state index in [9.17, 15) is 4.39 Å². The lowest BCUT2D eigenvalue weighted by atomic mass is 10.2. The number of nitrogens with zero attached hydrogens (tertiary/aromatic N) is 1. The average molecular weight is 285 g/mol. The van der Waals surface area contributed by atoms with Crippen LogP contribution in [0.1, 0.15) is 18.7 Å². The van der Waals surface area contributed by atoms with E-state index in [-0.39, 0.29) is 11.9 Å². The van der Waals surface area contributed by atoms with Crippen LogP contribution in [0.2, 0.25) is 0 Å². The molecule has 0 aliphatic carbocycles. The van der Waals surface area contributed by atoms with Gasteiger partial charge in [0.1, 0.15) is 5.82 Å². The molecule has 0 aliphatic heterocycles. The van der Waals surface area contributed by atoms with Crippen LogP contribution >= 0.6 is 15.9 Å². The van der Waals surface area contributed by atoms with Gasteiger partial charge in [-0.05, 0) is 36.0 Å². The van der Waals surface area contributed by atoms with Gasteiger partial charge in [0.25, 0.3) is 0 Å². The van der Waals surface area contributed by atoms with Crippen LogP contribution in [0.25, 0.3) is 10.9 Å². The largest absolute Gasteiger partial charge is 0.343 e. The fourth-order valence-electron chi connectivity index (χ4n) is 2.06. The first kappa shape index (κ1) is 11.6. The first-order valence-electron chi connectivity index (χ1n) is 5.17. The minimum Gasteiger partial charge on any atom is -0.343 e. The maximum Gasteiger partial charge on any atom is 0.147 e. The van der Waals surface area contributed by atoms with Crippen LogP contribution in [-0.2, 0) is 7.05 Å². The molecular weight excluding hydrogens is 271 g/mol. The molecule has 1 aromatic heterocycles. The van der Waals surface area contributed by atoms with Crippen molar-refractivity contribution in [2.45, 2.75) is 13.0 Å². The van der Waals surface area contributed by atoms with Crippen LogP contribution in [0.4, 0.5) is 4.39 Å². The van der Waals surface area contributed by atoms with Crippen LogP contribution in [0.15, 0.2) is 22.7 Å². The Morgan fingerprint density at radius 3 is 2.69 bits per heavy atom. The summed E-state index contributed by atoms with van der Waals surface area (Å²) in [6, 6.07) is 5.32. The molecule has 1 unspecified atom stereocenters. The van der Waals surface area contributed by atoms with E-state index in [1.54, 1.807) is 6.07 Å². The SMILES string of the molecule is CNC(C)c1c(Br)c2cccc(F)c2n1C. The highest BCUT2D eigenvalue weighted by molar-refractivity contribution is 9.10. The Morgan fingerprint density at radius 1 is 1.44 bits per heavy atom. The van der Waals surface area contributed by atoms with Gasteiger partial charge in [-0.2, -0.15) is 0 Å². The Hall–Kier alpha value is -0.870. The highest BCUT2D eigenvalue weighted by atomic mass is 79.9. The van der Waals surface area contributed by atoms with Gasteiger partial charge in [0, 0.05) is 28.6 Å². The van der Waals surface area contributed by atoms with Gasteiger partial charge in [0.15, 0.2) is 0 Å². The Kier molecular flexibility index (Phi) is 3.04. The van der Waals surface area contributed by atoms with E-state index < -0.39 is 0 Å². The van der Waals surface area contributed by atoms with Crippen molar-refractivity contribution in [2.24, 2.45) is 7.05 Å². The summed E-state index contributed by atoms with van der Waals surface area (Å²) in [5.74, 6) is -0.185. The van der Waals surface area contributed by atoms with Crippen molar-refractivity contribution in [2.75, 3.05) is 7.05 Å². The van der Waals surface area contributed by atoms with Gasteiger partial charge >= 0.3 is 0 Å². The van der Waals surface area contributed by atoms with Gasteiger partial charge in [-0.3, -0.25) is 0 Å².